The van der Waals surface area contributed by atoms with E-state index in [0.717, 1.165) is 0 Å². The van der Waals surface area contributed by atoms with Gasteiger partial charge in [0.15, 0.2) is 22.7 Å². The van der Waals surface area contributed by atoms with Crippen LogP contribution in [0.25, 0.3) is 17.4 Å². The molecule has 17 heavy (non-hydrogen) atoms. The number of imidazole rings is 1. The number of aliphatic hydroxyl groups excluding tert-OH is 1. The number of anilines is 1. The average molecular weight is 235 g/mol. The second-order valence-electron chi connectivity index (χ2n) is 4.04. The smallest absolute Gasteiger partial charge is 0.169 e. The molecule has 2 aromatic heterocycles. The molecule has 3 rings (SSSR count). The molecule has 1 fully saturated rings. The van der Waals surface area contributed by atoms with Crippen molar-refractivity contribution in [2.45, 2.75) is 12.1 Å². The van der Waals surface area contributed by atoms with Crippen LogP contribution in [0.2, 0.25) is 0 Å². The number of nitrogens with zero attached hydrogens (tertiary/aromatic N) is 4. The van der Waals surface area contributed by atoms with Gasteiger partial charge in [-0.1, -0.05) is 0 Å². The summed E-state index contributed by atoms with van der Waals surface area (Å²) < 4.78 is 15.1. The van der Waals surface area contributed by atoms with Gasteiger partial charge in [-0.15, -0.1) is 0 Å². The Morgan fingerprint density at radius 3 is 3.06 bits per heavy atom. The fourth-order valence-electron chi connectivity index (χ4n) is 1.71. The predicted molar refractivity (Wildman–Crippen MR) is 59.6 cm³/mol. The topological polar surface area (TPSA) is 89.9 Å². The molecule has 2 heterocycles. The largest absolute Gasteiger partial charge is 0.393 e. The van der Waals surface area contributed by atoms with Crippen molar-refractivity contribution in [3.63, 3.8) is 0 Å². The maximum Gasteiger partial charge on any atom is 0.169 e. The van der Waals surface area contributed by atoms with E-state index in [4.69, 9.17) is 10.8 Å². The maximum atomic E-state index is 13.6. The third-order valence-corrected chi connectivity index (χ3v) is 2.85. The van der Waals surface area contributed by atoms with Crippen LogP contribution in [-0.4, -0.2) is 36.9 Å². The number of nitrogens with two attached hydrogens (primary N) is 1. The maximum absolute atomic E-state index is 13.6. The van der Waals surface area contributed by atoms with Crippen molar-refractivity contribution in [1.82, 2.24) is 19.5 Å². The summed E-state index contributed by atoms with van der Waals surface area (Å²) in [5, 5.41) is 8.84. The van der Waals surface area contributed by atoms with Gasteiger partial charge in [-0.3, -0.25) is 4.57 Å². The minimum atomic E-state index is -1.57. The minimum absolute atomic E-state index is 0.240. The van der Waals surface area contributed by atoms with Crippen molar-refractivity contribution in [2.24, 2.45) is 0 Å². The van der Waals surface area contributed by atoms with E-state index in [9.17, 15) is 4.39 Å². The third kappa shape index (κ3) is 1.47. The number of nitrogen functional groups attached to an aromatic ring is 1. The highest BCUT2D eigenvalue weighted by atomic mass is 19.1. The zero-order valence-corrected chi connectivity index (χ0v) is 8.84. The Kier molecular flexibility index (Phi) is 1.93. The number of fused-ring (bicyclic) bond motifs is 1. The molecule has 1 atom stereocenters. The zero-order chi connectivity index (χ0) is 12.0. The molecule has 1 aliphatic carbocycles. The molecule has 6 nitrogen and oxygen atoms in total. The van der Waals surface area contributed by atoms with Crippen LogP contribution in [0.4, 0.5) is 10.2 Å². The zero-order valence-electron chi connectivity index (χ0n) is 8.84. The molecule has 0 amide bonds. The van der Waals surface area contributed by atoms with Crippen LogP contribution >= 0.6 is 0 Å². The normalized spacial score (nSPS) is 25.6. The van der Waals surface area contributed by atoms with Crippen LogP contribution in [-0.2, 0) is 0 Å². The number of aliphatic hydroxyl groups is 1. The second kappa shape index (κ2) is 3.24. The average Bonchev–Trinajstić information content (AvgIpc) is 2.78. The highest BCUT2D eigenvalue weighted by Crippen LogP contribution is 2.46. The van der Waals surface area contributed by atoms with Crippen LogP contribution in [0.1, 0.15) is 6.42 Å². The van der Waals surface area contributed by atoms with E-state index < -0.39 is 12.3 Å². The van der Waals surface area contributed by atoms with Crippen molar-refractivity contribution in [3.8, 4) is 0 Å². The van der Waals surface area contributed by atoms with E-state index >= 15 is 0 Å². The molecule has 1 unspecified atom stereocenters. The highest BCUT2D eigenvalue weighted by molar-refractivity contribution is 5.82. The van der Waals surface area contributed by atoms with Gasteiger partial charge in [0.05, 0.1) is 6.61 Å². The molecule has 2 aromatic rings. The van der Waals surface area contributed by atoms with Crippen molar-refractivity contribution in [2.75, 3.05) is 12.3 Å². The lowest BCUT2D eigenvalue weighted by Crippen LogP contribution is -2.06. The number of aromatic nitrogens is 4. The molecule has 0 radical (unpaired) electrons. The summed E-state index contributed by atoms with van der Waals surface area (Å²) in [5.74, 6) is 0.289. The van der Waals surface area contributed by atoms with Gasteiger partial charge < -0.3 is 10.8 Å². The lowest BCUT2D eigenvalue weighted by Gasteiger charge is -1.97. The number of hydrogen-bond donors (Lipinski definition) is 2. The Morgan fingerprint density at radius 2 is 2.35 bits per heavy atom. The van der Waals surface area contributed by atoms with E-state index in [1.807, 2.05) is 0 Å². The first kappa shape index (κ1) is 10.2. The molecule has 0 aromatic carbocycles. The molecular formula is C10H10FN5O. The van der Waals surface area contributed by atoms with Gasteiger partial charge in [0.25, 0.3) is 0 Å². The molecule has 0 spiro atoms. The predicted octanol–water partition coefficient (Wildman–Crippen LogP) is 0.354. The first-order valence-electron chi connectivity index (χ1n) is 5.08. The fraction of sp³-hybridized carbons (Fsp3) is 0.300. The van der Waals surface area contributed by atoms with Crippen molar-refractivity contribution >= 4 is 23.2 Å². The van der Waals surface area contributed by atoms with Gasteiger partial charge in [-0.05, 0) is 5.57 Å². The second-order valence-corrected chi connectivity index (χ2v) is 4.04. The molecular weight excluding hydrogens is 225 g/mol. The quantitative estimate of drug-likeness (QED) is 0.784. The van der Waals surface area contributed by atoms with Crippen LogP contribution in [0, 0.1) is 0 Å². The van der Waals surface area contributed by atoms with E-state index in [0.29, 0.717) is 16.7 Å². The Hall–Kier alpha value is -2.02. The molecule has 1 aliphatic rings. The summed E-state index contributed by atoms with van der Waals surface area (Å²) >= 11 is 0. The van der Waals surface area contributed by atoms with Gasteiger partial charge in [0, 0.05) is 12.6 Å². The summed E-state index contributed by atoms with van der Waals surface area (Å²) in [7, 11) is 0. The van der Waals surface area contributed by atoms with Crippen molar-refractivity contribution < 1.29 is 9.50 Å². The number of alkyl halides is 1. The van der Waals surface area contributed by atoms with Gasteiger partial charge in [-0.25, -0.2) is 19.3 Å². The SMILES string of the molecule is Nc1ncnc2c1ncn2/C=C1/CC1(F)CO. The van der Waals surface area contributed by atoms with Gasteiger partial charge in [0.2, 0.25) is 0 Å². The molecule has 0 bridgehead atoms. The number of hydrogen-bond acceptors (Lipinski definition) is 5. The number of rotatable bonds is 2. The molecule has 88 valence electrons. The van der Waals surface area contributed by atoms with Gasteiger partial charge in [-0.2, -0.15) is 0 Å². The summed E-state index contributed by atoms with van der Waals surface area (Å²) in [6.07, 6.45) is 4.65. The molecule has 3 N–H and O–H groups in total. The highest BCUT2D eigenvalue weighted by Gasteiger charge is 2.49. The van der Waals surface area contributed by atoms with Crippen LogP contribution in [0.3, 0.4) is 0 Å². The summed E-state index contributed by atoms with van der Waals surface area (Å²) in [6.45, 7) is -0.497. The molecule has 7 heteroatoms. The van der Waals surface area contributed by atoms with Crippen molar-refractivity contribution in [3.05, 3.63) is 18.2 Å². The first-order chi connectivity index (χ1) is 8.14. The molecule has 0 aliphatic heterocycles. The Bertz CT molecular complexity index is 622. The molecule has 0 saturated heterocycles. The fourth-order valence-corrected chi connectivity index (χ4v) is 1.71. The van der Waals surface area contributed by atoms with E-state index in [-0.39, 0.29) is 12.2 Å². The van der Waals surface area contributed by atoms with E-state index in [1.165, 1.54) is 12.7 Å². The van der Waals surface area contributed by atoms with Crippen LogP contribution < -0.4 is 5.73 Å². The summed E-state index contributed by atoms with van der Waals surface area (Å²) in [6, 6.07) is 0. The van der Waals surface area contributed by atoms with E-state index in [2.05, 4.69) is 15.0 Å². The van der Waals surface area contributed by atoms with E-state index in [1.54, 1.807) is 10.8 Å². The monoisotopic (exact) mass is 235 g/mol. The lowest BCUT2D eigenvalue weighted by molar-refractivity contribution is 0.170. The summed E-state index contributed by atoms with van der Waals surface area (Å²) in [4.78, 5) is 11.9. The van der Waals surface area contributed by atoms with Crippen molar-refractivity contribution in [1.29, 1.82) is 0 Å². The van der Waals surface area contributed by atoms with Gasteiger partial charge in [0.1, 0.15) is 12.7 Å². The third-order valence-electron chi connectivity index (χ3n) is 2.85. The Balaban J connectivity index is 2.06. The molecule has 1 saturated carbocycles. The van der Waals surface area contributed by atoms with Crippen LogP contribution in [0.15, 0.2) is 18.2 Å². The number of halogens is 1. The lowest BCUT2D eigenvalue weighted by atomic mass is 10.4. The van der Waals surface area contributed by atoms with Crippen LogP contribution in [0.5, 0.6) is 0 Å². The minimum Gasteiger partial charge on any atom is -0.393 e. The Morgan fingerprint density at radius 1 is 1.53 bits per heavy atom. The van der Waals surface area contributed by atoms with Gasteiger partial charge >= 0.3 is 0 Å². The standard InChI is InChI=1S/C10H10FN5O/c11-10(3-17)1-6(10)2-16-5-15-7-8(12)13-4-14-9(7)16/h2,4-5,17H,1,3H2,(H2,12,13,14)/b6-2-. The first-order valence-corrected chi connectivity index (χ1v) is 5.08. The summed E-state index contributed by atoms with van der Waals surface area (Å²) in [5.41, 5.74) is 5.59. The Labute approximate surface area is 95.6 Å².